The molecule has 1 saturated heterocycles. The Kier molecular flexibility index (Phi) is 7.18. The van der Waals surface area contributed by atoms with Gasteiger partial charge in [0.25, 0.3) is 0 Å². The molecular formula is C23H26N4O4S2. The van der Waals surface area contributed by atoms with E-state index in [0.29, 0.717) is 44.1 Å². The number of hydrogen-bond acceptors (Lipinski definition) is 6. The minimum Gasteiger partial charge on any atom is -0.379 e. The van der Waals surface area contributed by atoms with Crippen LogP contribution in [0.25, 0.3) is 11.0 Å². The van der Waals surface area contributed by atoms with Crippen molar-refractivity contribution < 1.29 is 17.9 Å². The number of aromatic nitrogens is 2. The molecule has 3 aromatic rings. The van der Waals surface area contributed by atoms with Crippen LogP contribution in [0.3, 0.4) is 0 Å². The van der Waals surface area contributed by atoms with Gasteiger partial charge in [0.15, 0.2) is 5.16 Å². The second-order valence-electron chi connectivity index (χ2n) is 7.62. The number of carbonyl (C=O) groups is 1. The highest BCUT2D eigenvalue weighted by atomic mass is 32.2. The Morgan fingerprint density at radius 1 is 1.24 bits per heavy atom. The van der Waals surface area contributed by atoms with Gasteiger partial charge in [-0.1, -0.05) is 36.0 Å². The van der Waals surface area contributed by atoms with Gasteiger partial charge in [-0.25, -0.2) is 13.4 Å². The lowest BCUT2D eigenvalue weighted by molar-refractivity contribution is -0.113. The first-order valence-corrected chi connectivity index (χ1v) is 13.0. The number of imidazole rings is 1. The molecule has 8 nitrogen and oxygen atoms in total. The maximum absolute atomic E-state index is 13.1. The van der Waals surface area contributed by atoms with Crippen LogP contribution in [0, 0.1) is 6.92 Å². The van der Waals surface area contributed by atoms with E-state index >= 15 is 0 Å². The van der Waals surface area contributed by atoms with E-state index in [1.54, 1.807) is 25.1 Å². The number of aryl methyl sites for hydroxylation is 1. The maximum Gasteiger partial charge on any atom is 0.243 e. The summed E-state index contributed by atoms with van der Waals surface area (Å²) in [4.78, 5) is 17.5. The Hall–Kier alpha value is -2.66. The molecule has 174 valence electrons. The number of para-hydroxylation sites is 2. The van der Waals surface area contributed by atoms with E-state index in [9.17, 15) is 13.2 Å². The van der Waals surface area contributed by atoms with Gasteiger partial charge < -0.3 is 14.6 Å². The van der Waals surface area contributed by atoms with Crippen molar-refractivity contribution in [2.75, 3.05) is 37.4 Å². The van der Waals surface area contributed by atoms with Crippen molar-refractivity contribution in [2.45, 2.75) is 23.5 Å². The third kappa shape index (κ3) is 5.14. The van der Waals surface area contributed by atoms with Crippen LogP contribution in [-0.2, 0) is 26.1 Å². The van der Waals surface area contributed by atoms with Gasteiger partial charge in [-0.05, 0) is 36.8 Å². The zero-order chi connectivity index (χ0) is 23.4. The average Bonchev–Trinajstić information content (AvgIpc) is 3.17. The standard InChI is InChI=1S/C23H26N4O4S2/c1-3-10-27-20-7-5-4-6-19(20)25-23(27)32-16-22(28)24-18-9-8-17(2)21(15-18)33(29,30)26-11-13-31-14-12-26/h3-9,15H,1,10-14,16H2,2H3,(H,24,28). The number of sulfonamides is 1. The first-order chi connectivity index (χ1) is 15.9. The average molecular weight is 487 g/mol. The van der Waals surface area contributed by atoms with E-state index in [1.807, 2.05) is 28.8 Å². The van der Waals surface area contributed by atoms with E-state index in [1.165, 1.54) is 22.1 Å². The molecule has 1 aliphatic heterocycles. The highest BCUT2D eigenvalue weighted by molar-refractivity contribution is 7.99. The number of ether oxygens (including phenoxy) is 1. The Balaban J connectivity index is 1.47. The van der Waals surface area contributed by atoms with Crippen molar-refractivity contribution in [3.05, 3.63) is 60.7 Å². The summed E-state index contributed by atoms with van der Waals surface area (Å²) < 4.78 is 34.9. The first-order valence-electron chi connectivity index (χ1n) is 10.6. The van der Waals surface area contributed by atoms with E-state index in [2.05, 4.69) is 16.9 Å². The predicted molar refractivity (Wildman–Crippen MR) is 130 cm³/mol. The molecule has 2 aromatic carbocycles. The van der Waals surface area contributed by atoms with Crippen LogP contribution >= 0.6 is 11.8 Å². The third-order valence-corrected chi connectivity index (χ3v) is 8.34. The highest BCUT2D eigenvalue weighted by Gasteiger charge is 2.28. The van der Waals surface area contributed by atoms with Gasteiger partial charge in [-0.3, -0.25) is 4.79 Å². The molecule has 0 aliphatic carbocycles. The van der Waals surface area contributed by atoms with E-state index in [4.69, 9.17) is 4.74 Å². The van der Waals surface area contributed by atoms with Gasteiger partial charge in [0.05, 0.1) is 34.9 Å². The van der Waals surface area contributed by atoms with Crippen LogP contribution in [-0.4, -0.2) is 60.2 Å². The molecule has 0 radical (unpaired) electrons. The third-order valence-electron chi connectivity index (χ3n) is 5.32. The maximum atomic E-state index is 13.1. The Morgan fingerprint density at radius 3 is 2.76 bits per heavy atom. The molecule has 33 heavy (non-hydrogen) atoms. The molecule has 1 fully saturated rings. The number of rotatable bonds is 8. The lowest BCUT2D eigenvalue weighted by Gasteiger charge is -2.26. The van der Waals surface area contributed by atoms with E-state index < -0.39 is 10.0 Å². The van der Waals surface area contributed by atoms with Crippen molar-refractivity contribution >= 4 is 44.4 Å². The number of fused-ring (bicyclic) bond motifs is 1. The second kappa shape index (κ2) is 10.1. The molecule has 2 heterocycles. The second-order valence-corrected chi connectivity index (χ2v) is 10.5. The summed E-state index contributed by atoms with van der Waals surface area (Å²) in [5.74, 6) is -0.101. The lowest BCUT2D eigenvalue weighted by atomic mass is 10.2. The van der Waals surface area contributed by atoms with Crippen molar-refractivity contribution in [3.63, 3.8) is 0 Å². The minimum atomic E-state index is -3.66. The van der Waals surface area contributed by atoms with Crippen LogP contribution in [0.5, 0.6) is 0 Å². The summed E-state index contributed by atoms with van der Waals surface area (Å²) in [6.45, 7) is 7.54. The fourth-order valence-electron chi connectivity index (χ4n) is 3.68. The van der Waals surface area contributed by atoms with Crippen LogP contribution < -0.4 is 5.32 Å². The number of thioether (sulfide) groups is 1. The minimum absolute atomic E-state index is 0.139. The summed E-state index contributed by atoms with van der Waals surface area (Å²) in [7, 11) is -3.66. The number of amides is 1. The van der Waals surface area contributed by atoms with Crippen LogP contribution in [0.2, 0.25) is 0 Å². The van der Waals surface area contributed by atoms with Gasteiger partial charge in [0.1, 0.15) is 0 Å². The fraction of sp³-hybridized carbons (Fsp3) is 0.304. The number of carbonyl (C=O) groups excluding carboxylic acids is 1. The zero-order valence-electron chi connectivity index (χ0n) is 18.4. The Bertz CT molecular complexity index is 1280. The van der Waals surface area contributed by atoms with Crippen LogP contribution in [0.4, 0.5) is 5.69 Å². The highest BCUT2D eigenvalue weighted by Crippen LogP contribution is 2.26. The summed E-state index contributed by atoms with van der Waals surface area (Å²) in [6.07, 6.45) is 1.79. The SMILES string of the molecule is C=CCn1c(SCC(=O)Nc2ccc(C)c(S(=O)(=O)N3CCOCC3)c2)nc2ccccc21. The van der Waals surface area contributed by atoms with Gasteiger partial charge >= 0.3 is 0 Å². The number of nitrogens with one attached hydrogen (secondary N) is 1. The molecule has 4 rings (SSSR count). The number of benzene rings is 2. The number of morpholine rings is 1. The molecule has 1 aromatic heterocycles. The predicted octanol–water partition coefficient (Wildman–Crippen LogP) is 3.28. The van der Waals surface area contributed by atoms with Gasteiger partial charge in [0.2, 0.25) is 15.9 Å². The molecular weight excluding hydrogens is 460 g/mol. The van der Waals surface area contributed by atoms with E-state index in [0.717, 1.165) is 16.2 Å². The molecule has 0 atom stereocenters. The Morgan fingerprint density at radius 2 is 2.00 bits per heavy atom. The molecule has 0 spiro atoms. The van der Waals surface area contributed by atoms with Crippen molar-refractivity contribution in [1.29, 1.82) is 0 Å². The lowest BCUT2D eigenvalue weighted by Crippen LogP contribution is -2.40. The number of nitrogens with zero attached hydrogens (tertiary/aromatic N) is 3. The number of hydrogen-bond donors (Lipinski definition) is 1. The van der Waals surface area contributed by atoms with Crippen molar-refractivity contribution in [1.82, 2.24) is 13.9 Å². The molecule has 1 aliphatic rings. The smallest absolute Gasteiger partial charge is 0.243 e. The summed E-state index contributed by atoms with van der Waals surface area (Å²) in [5.41, 5.74) is 2.92. The normalized spacial score (nSPS) is 14.9. The molecule has 0 bridgehead atoms. The number of allylic oxidation sites excluding steroid dienone is 1. The molecule has 1 amide bonds. The van der Waals surface area contributed by atoms with Crippen molar-refractivity contribution in [2.24, 2.45) is 0 Å². The summed E-state index contributed by atoms with van der Waals surface area (Å²) >= 11 is 1.33. The largest absolute Gasteiger partial charge is 0.379 e. The van der Waals surface area contributed by atoms with Crippen LogP contribution in [0.15, 0.2) is 65.2 Å². The van der Waals surface area contributed by atoms with Gasteiger partial charge in [0, 0.05) is 25.3 Å². The van der Waals surface area contributed by atoms with E-state index in [-0.39, 0.29) is 16.6 Å². The molecule has 1 N–H and O–H groups in total. The molecule has 0 unspecified atom stereocenters. The zero-order valence-corrected chi connectivity index (χ0v) is 20.0. The topological polar surface area (TPSA) is 93.5 Å². The van der Waals surface area contributed by atoms with Crippen molar-refractivity contribution in [3.8, 4) is 0 Å². The Labute approximate surface area is 197 Å². The monoisotopic (exact) mass is 486 g/mol. The quantitative estimate of drug-likeness (QED) is 0.388. The van der Waals surface area contributed by atoms with Gasteiger partial charge in [-0.2, -0.15) is 4.31 Å². The number of anilines is 1. The first kappa shape index (κ1) is 23.5. The van der Waals surface area contributed by atoms with Gasteiger partial charge in [-0.15, -0.1) is 6.58 Å². The van der Waals surface area contributed by atoms with Crippen LogP contribution in [0.1, 0.15) is 5.56 Å². The summed E-state index contributed by atoms with van der Waals surface area (Å²) in [6, 6.07) is 12.7. The molecule has 10 heteroatoms. The fourth-order valence-corrected chi connectivity index (χ4v) is 6.16. The summed E-state index contributed by atoms with van der Waals surface area (Å²) in [5, 5.41) is 3.54. The molecule has 0 saturated carbocycles.